The summed E-state index contributed by atoms with van der Waals surface area (Å²) in [5, 5.41) is 11.0. The third kappa shape index (κ3) is 4.43. The number of nitrogens with zero attached hydrogens (tertiary/aromatic N) is 1. The van der Waals surface area contributed by atoms with E-state index in [9.17, 15) is 28.1 Å². The van der Waals surface area contributed by atoms with Crippen LogP contribution in [0.4, 0.5) is 24.5 Å². The number of nitro benzene ring substituents is 1. The number of rotatable bonds is 6. The second kappa shape index (κ2) is 8.30. The van der Waals surface area contributed by atoms with Crippen molar-refractivity contribution in [1.29, 1.82) is 0 Å². The van der Waals surface area contributed by atoms with Crippen molar-refractivity contribution in [3.63, 3.8) is 0 Å². The zero-order chi connectivity index (χ0) is 21.0. The van der Waals surface area contributed by atoms with Gasteiger partial charge in [0.1, 0.15) is 11.5 Å². The molecule has 0 aromatic heterocycles. The highest BCUT2D eigenvalue weighted by Gasteiger charge is 2.20. The Balaban J connectivity index is 1.87. The molecule has 0 heterocycles. The van der Waals surface area contributed by atoms with Crippen LogP contribution in [-0.2, 0) is 0 Å². The van der Waals surface area contributed by atoms with Gasteiger partial charge < -0.3 is 4.74 Å². The largest absolute Gasteiger partial charge is 0.457 e. The van der Waals surface area contributed by atoms with Crippen molar-refractivity contribution in [3.05, 3.63) is 93.8 Å². The van der Waals surface area contributed by atoms with E-state index in [1.54, 1.807) is 30.3 Å². The van der Waals surface area contributed by atoms with Crippen molar-refractivity contribution in [2.24, 2.45) is 0 Å². The molecule has 10 heteroatoms. The molecule has 3 aromatic carbocycles. The van der Waals surface area contributed by atoms with Crippen LogP contribution in [0.25, 0.3) is 0 Å². The summed E-state index contributed by atoms with van der Waals surface area (Å²) in [5.41, 5.74) is 3.04. The van der Waals surface area contributed by atoms with Gasteiger partial charge in [-0.1, -0.05) is 18.2 Å². The fourth-order valence-corrected chi connectivity index (χ4v) is 2.33. The number of nitrogens with one attached hydrogen (secondary N) is 2. The van der Waals surface area contributed by atoms with E-state index < -0.39 is 34.0 Å². The van der Waals surface area contributed by atoms with Crippen LogP contribution < -0.4 is 15.6 Å². The minimum absolute atomic E-state index is 0.00754. The van der Waals surface area contributed by atoms with E-state index in [1.807, 2.05) is 0 Å². The van der Waals surface area contributed by atoms with Crippen LogP contribution in [0.1, 0.15) is 10.4 Å². The molecule has 7 nitrogen and oxygen atoms in total. The van der Waals surface area contributed by atoms with E-state index in [0.717, 1.165) is 18.2 Å². The molecule has 0 aliphatic carbocycles. The second-order valence-corrected chi connectivity index (χ2v) is 5.65. The Labute approximate surface area is 161 Å². The SMILES string of the molecule is O=C(NNc1ccc(F)c(F)c1F)c1cc([N+](=O)[O-])ccc1Oc1ccccc1. The molecule has 0 aliphatic heterocycles. The Morgan fingerprint density at radius 3 is 2.38 bits per heavy atom. The Kier molecular flexibility index (Phi) is 5.63. The highest BCUT2D eigenvalue weighted by Crippen LogP contribution is 2.29. The molecule has 0 bridgehead atoms. The lowest BCUT2D eigenvalue weighted by molar-refractivity contribution is -0.384. The van der Waals surface area contributed by atoms with Crippen molar-refractivity contribution in [3.8, 4) is 11.5 Å². The number of nitro groups is 1. The van der Waals surface area contributed by atoms with Crippen molar-refractivity contribution >= 4 is 17.3 Å². The molecule has 2 N–H and O–H groups in total. The summed E-state index contributed by atoms with van der Waals surface area (Å²) in [6.07, 6.45) is 0. The van der Waals surface area contributed by atoms with Gasteiger partial charge in [0.15, 0.2) is 17.5 Å². The summed E-state index contributed by atoms with van der Waals surface area (Å²) < 4.78 is 45.6. The number of hydrazine groups is 1. The van der Waals surface area contributed by atoms with Crippen molar-refractivity contribution < 1.29 is 27.6 Å². The van der Waals surface area contributed by atoms with Crippen molar-refractivity contribution in [2.75, 3.05) is 5.43 Å². The predicted octanol–water partition coefficient (Wildman–Crippen LogP) is 4.56. The molecular weight excluding hydrogens is 391 g/mol. The molecule has 3 rings (SSSR count). The highest BCUT2D eigenvalue weighted by molar-refractivity contribution is 5.98. The lowest BCUT2D eigenvalue weighted by atomic mass is 10.1. The zero-order valence-electron chi connectivity index (χ0n) is 14.5. The predicted molar refractivity (Wildman–Crippen MR) is 97.0 cm³/mol. The smallest absolute Gasteiger partial charge is 0.273 e. The molecule has 0 radical (unpaired) electrons. The first kappa shape index (κ1) is 19.7. The molecule has 0 spiro atoms. The number of carbonyl (C=O) groups excluding carboxylic acids is 1. The van der Waals surface area contributed by atoms with E-state index >= 15 is 0 Å². The molecule has 0 fully saturated rings. The van der Waals surface area contributed by atoms with Crippen LogP contribution in [0.3, 0.4) is 0 Å². The normalized spacial score (nSPS) is 10.3. The van der Waals surface area contributed by atoms with Crippen molar-refractivity contribution in [1.82, 2.24) is 5.43 Å². The van der Waals surface area contributed by atoms with E-state index in [4.69, 9.17) is 4.74 Å². The first-order valence-electron chi connectivity index (χ1n) is 8.08. The number of carbonyl (C=O) groups is 1. The van der Waals surface area contributed by atoms with E-state index in [1.165, 1.54) is 6.07 Å². The fraction of sp³-hybridized carbons (Fsp3) is 0. The van der Waals surface area contributed by atoms with Gasteiger partial charge in [-0.2, -0.15) is 0 Å². The van der Waals surface area contributed by atoms with E-state index in [0.29, 0.717) is 11.8 Å². The number of hydrogen-bond donors (Lipinski definition) is 2. The molecule has 0 saturated carbocycles. The van der Waals surface area contributed by atoms with Gasteiger partial charge in [-0.15, -0.1) is 0 Å². The fourth-order valence-electron chi connectivity index (χ4n) is 2.33. The van der Waals surface area contributed by atoms with Crippen LogP contribution in [0.2, 0.25) is 0 Å². The molecule has 1 amide bonds. The third-order valence-electron chi connectivity index (χ3n) is 3.74. The molecule has 0 atom stereocenters. The first-order valence-corrected chi connectivity index (χ1v) is 8.08. The van der Waals surface area contributed by atoms with Gasteiger partial charge in [-0.3, -0.25) is 25.8 Å². The number of halogens is 3. The number of amides is 1. The standard InChI is InChI=1S/C19H12F3N3O4/c20-14-7-8-15(18(22)17(14)21)23-24-19(26)13-10-11(25(27)28)6-9-16(13)29-12-4-2-1-3-5-12/h1-10,23H,(H,24,26). The van der Waals surface area contributed by atoms with Gasteiger partial charge in [0.2, 0.25) is 0 Å². The maximum absolute atomic E-state index is 13.7. The van der Waals surface area contributed by atoms with Gasteiger partial charge >= 0.3 is 0 Å². The number of anilines is 1. The molecule has 0 aliphatic rings. The van der Waals surface area contributed by atoms with Gasteiger partial charge in [0, 0.05) is 12.1 Å². The molecule has 0 unspecified atom stereocenters. The summed E-state index contributed by atoms with van der Waals surface area (Å²) in [7, 11) is 0. The number of ether oxygens (including phenoxy) is 1. The summed E-state index contributed by atoms with van der Waals surface area (Å²) in [6, 6.07) is 13.2. The van der Waals surface area contributed by atoms with E-state index in [2.05, 4.69) is 10.9 Å². The summed E-state index contributed by atoms with van der Waals surface area (Å²) >= 11 is 0. The quantitative estimate of drug-likeness (QED) is 0.358. The van der Waals surface area contributed by atoms with Gasteiger partial charge in [0.25, 0.3) is 11.6 Å². The minimum Gasteiger partial charge on any atom is -0.457 e. The summed E-state index contributed by atoms with van der Waals surface area (Å²) in [6.45, 7) is 0. The number of benzene rings is 3. The Morgan fingerprint density at radius 2 is 1.69 bits per heavy atom. The van der Waals surface area contributed by atoms with Gasteiger partial charge in [-0.25, -0.2) is 13.2 Å². The van der Waals surface area contributed by atoms with Gasteiger partial charge in [0.05, 0.1) is 16.2 Å². The lowest BCUT2D eigenvalue weighted by Crippen LogP contribution is -2.30. The molecule has 3 aromatic rings. The number of hydrogen-bond acceptors (Lipinski definition) is 5. The number of non-ortho nitro benzene ring substituents is 1. The molecule has 29 heavy (non-hydrogen) atoms. The Hall–Kier alpha value is -4.08. The van der Waals surface area contributed by atoms with Crippen LogP contribution in [0, 0.1) is 27.6 Å². The third-order valence-corrected chi connectivity index (χ3v) is 3.74. The topological polar surface area (TPSA) is 93.5 Å². The summed E-state index contributed by atoms with van der Waals surface area (Å²) in [5.74, 6) is -5.21. The molecular formula is C19H12F3N3O4. The lowest BCUT2D eigenvalue weighted by Gasteiger charge is -2.13. The zero-order valence-corrected chi connectivity index (χ0v) is 14.5. The van der Waals surface area contributed by atoms with Crippen LogP contribution in [0.15, 0.2) is 60.7 Å². The molecule has 0 saturated heterocycles. The minimum atomic E-state index is -1.72. The average molecular weight is 403 g/mol. The Bertz CT molecular complexity index is 1080. The monoisotopic (exact) mass is 403 g/mol. The average Bonchev–Trinajstić information content (AvgIpc) is 2.72. The van der Waals surface area contributed by atoms with Crippen LogP contribution in [-0.4, -0.2) is 10.8 Å². The van der Waals surface area contributed by atoms with Crippen LogP contribution >= 0.6 is 0 Å². The van der Waals surface area contributed by atoms with E-state index in [-0.39, 0.29) is 17.0 Å². The first-order chi connectivity index (χ1) is 13.9. The summed E-state index contributed by atoms with van der Waals surface area (Å²) in [4.78, 5) is 22.8. The maximum Gasteiger partial charge on any atom is 0.273 e. The second-order valence-electron chi connectivity index (χ2n) is 5.65. The molecule has 148 valence electrons. The van der Waals surface area contributed by atoms with Gasteiger partial charge in [-0.05, 0) is 30.3 Å². The van der Waals surface area contributed by atoms with Crippen LogP contribution in [0.5, 0.6) is 11.5 Å². The maximum atomic E-state index is 13.7. The highest BCUT2D eigenvalue weighted by atomic mass is 19.2. The Morgan fingerprint density at radius 1 is 0.966 bits per heavy atom. The number of para-hydroxylation sites is 1. The van der Waals surface area contributed by atoms with Crippen molar-refractivity contribution in [2.45, 2.75) is 0 Å².